The first-order chi connectivity index (χ1) is 17.0. The molecule has 0 atom stereocenters. The Hall–Kier alpha value is -3.93. The van der Waals surface area contributed by atoms with Crippen molar-refractivity contribution in [3.05, 3.63) is 66.2 Å². The number of ether oxygens (including phenoxy) is 1. The molecule has 12 heteroatoms. The van der Waals surface area contributed by atoms with Gasteiger partial charge in [-0.2, -0.15) is 0 Å². The Bertz CT molecular complexity index is 1550. The summed E-state index contributed by atoms with van der Waals surface area (Å²) in [6, 6.07) is 11.2. The van der Waals surface area contributed by atoms with Gasteiger partial charge in [0.15, 0.2) is 5.82 Å². The number of pyridine rings is 1. The molecule has 3 N–H and O–H groups in total. The van der Waals surface area contributed by atoms with Crippen LogP contribution < -0.4 is 15.2 Å². The fourth-order valence-electron chi connectivity index (χ4n) is 3.60. The zero-order valence-electron chi connectivity index (χ0n) is 19.3. The monoisotopic (exact) mass is 517 g/mol. The second kappa shape index (κ2) is 9.61. The molecular formula is C24H22F3N5O3S. The average Bonchev–Trinajstić information content (AvgIpc) is 2.84. The standard InChI is InChI=1S/C24H22F3N5O3S/c1-3-24(26,27)13-36(33,34)32-20-15-7-4-5-8-16(15)21(14(2)19(20)25)35-22-17(9-6-11-29-22)18-10-12-30-23(28)31-18/h4-12,32H,3,13H2,1-2H3,(H2,28,30,31). The van der Waals surface area contributed by atoms with Gasteiger partial charge >= 0.3 is 0 Å². The number of hydrogen-bond donors (Lipinski definition) is 2. The molecule has 2 heterocycles. The second-order valence-corrected chi connectivity index (χ2v) is 9.74. The van der Waals surface area contributed by atoms with E-state index in [4.69, 9.17) is 10.5 Å². The number of benzene rings is 2. The fourth-order valence-corrected chi connectivity index (χ4v) is 4.94. The maximum absolute atomic E-state index is 15.6. The van der Waals surface area contributed by atoms with Gasteiger partial charge in [0, 0.05) is 35.2 Å². The Balaban J connectivity index is 1.82. The SMILES string of the molecule is CCC(F)(F)CS(=O)(=O)Nc1c(F)c(C)c(Oc2ncccc2-c2ccnc(N)n2)c2ccccc12. The van der Waals surface area contributed by atoms with Gasteiger partial charge in [0.2, 0.25) is 21.9 Å². The maximum Gasteiger partial charge on any atom is 0.263 e. The highest BCUT2D eigenvalue weighted by Crippen LogP contribution is 2.42. The van der Waals surface area contributed by atoms with Crippen molar-refractivity contribution in [2.75, 3.05) is 16.2 Å². The molecule has 0 amide bonds. The van der Waals surface area contributed by atoms with E-state index in [2.05, 4.69) is 15.0 Å². The Morgan fingerprint density at radius 1 is 1.06 bits per heavy atom. The predicted molar refractivity (Wildman–Crippen MR) is 131 cm³/mol. The van der Waals surface area contributed by atoms with Crippen LogP contribution in [0.1, 0.15) is 18.9 Å². The van der Waals surface area contributed by atoms with Crippen molar-refractivity contribution in [3.63, 3.8) is 0 Å². The molecule has 0 aliphatic rings. The number of nitrogens with two attached hydrogens (primary N) is 1. The smallest absolute Gasteiger partial charge is 0.263 e. The number of aromatic nitrogens is 3. The molecule has 0 aliphatic heterocycles. The van der Waals surface area contributed by atoms with E-state index in [-0.39, 0.29) is 28.5 Å². The molecule has 0 aliphatic carbocycles. The molecule has 8 nitrogen and oxygen atoms in total. The van der Waals surface area contributed by atoms with Crippen molar-refractivity contribution < 1.29 is 26.3 Å². The average molecular weight is 518 g/mol. The van der Waals surface area contributed by atoms with E-state index >= 15 is 4.39 Å². The van der Waals surface area contributed by atoms with Crippen LogP contribution in [0.15, 0.2) is 54.9 Å². The number of rotatable bonds is 8. The van der Waals surface area contributed by atoms with Crippen molar-refractivity contribution in [2.45, 2.75) is 26.2 Å². The number of sulfonamides is 1. The lowest BCUT2D eigenvalue weighted by atomic mass is 10.0. The lowest BCUT2D eigenvalue weighted by molar-refractivity contribution is 0.0219. The molecular weight excluding hydrogens is 495 g/mol. The van der Waals surface area contributed by atoms with E-state index in [1.54, 1.807) is 36.4 Å². The third-order valence-electron chi connectivity index (χ3n) is 5.43. The normalized spacial score (nSPS) is 12.0. The van der Waals surface area contributed by atoms with E-state index in [0.29, 0.717) is 16.6 Å². The first-order valence-electron chi connectivity index (χ1n) is 10.8. The molecule has 0 saturated heterocycles. The number of halogens is 3. The molecule has 0 bridgehead atoms. The zero-order valence-corrected chi connectivity index (χ0v) is 20.1. The Morgan fingerprint density at radius 2 is 1.78 bits per heavy atom. The molecule has 0 radical (unpaired) electrons. The van der Waals surface area contributed by atoms with Crippen LogP contribution in [0.25, 0.3) is 22.0 Å². The van der Waals surface area contributed by atoms with Gasteiger partial charge in [0.1, 0.15) is 11.5 Å². The summed E-state index contributed by atoms with van der Waals surface area (Å²) >= 11 is 0. The predicted octanol–water partition coefficient (Wildman–Crippen LogP) is 5.30. The third kappa shape index (κ3) is 5.18. The minimum Gasteiger partial charge on any atom is -0.437 e. The van der Waals surface area contributed by atoms with Crippen LogP contribution in [0.5, 0.6) is 11.6 Å². The van der Waals surface area contributed by atoms with Crippen LogP contribution >= 0.6 is 0 Å². The van der Waals surface area contributed by atoms with Gasteiger partial charge in [-0.05, 0) is 25.1 Å². The van der Waals surface area contributed by atoms with Crippen LogP contribution in [0.4, 0.5) is 24.8 Å². The van der Waals surface area contributed by atoms with Gasteiger partial charge in [0.25, 0.3) is 5.92 Å². The highest BCUT2D eigenvalue weighted by atomic mass is 32.2. The molecule has 4 aromatic rings. The number of nitrogen functional groups attached to an aromatic ring is 1. The summed E-state index contributed by atoms with van der Waals surface area (Å²) in [6.45, 7) is 2.56. The largest absolute Gasteiger partial charge is 0.437 e. The lowest BCUT2D eigenvalue weighted by Crippen LogP contribution is -2.31. The summed E-state index contributed by atoms with van der Waals surface area (Å²) < 4.78 is 76.2. The number of anilines is 2. The fraction of sp³-hybridized carbons (Fsp3) is 0.208. The van der Waals surface area contributed by atoms with Crippen LogP contribution in [0, 0.1) is 12.7 Å². The van der Waals surface area contributed by atoms with E-state index in [1.807, 2.05) is 4.72 Å². The maximum atomic E-state index is 15.6. The minimum absolute atomic E-state index is 0.0419. The van der Waals surface area contributed by atoms with E-state index in [1.165, 1.54) is 32.3 Å². The first-order valence-corrected chi connectivity index (χ1v) is 12.5. The summed E-state index contributed by atoms with van der Waals surface area (Å²) in [4.78, 5) is 12.3. The molecule has 0 unspecified atom stereocenters. The number of nitrogens with one attached hydrogen (secondary N) is 1. The second-order valence-electron chi connectivity index (χ2n) is 8.02. The van der Waals surface area contributed by atoms with Gasteiger partial charge in [-0.25, -0.2) is 36.5 Å². The zero-order chi connectivity index (χ0) is 26.1. The Labute approximate surface area is 205 Å². The van der Waals surface area contributed by atoms with Crippen molar-refractivity contribution in [1.29, 1.82) is 0 Å². The van der Waals surface area contributed by atoms with Crippen molar-refractivity contribution >= 4 is 32.4 Å². The molecule has 2 aromatic carbocycles. The quantitative estimate of drug-likeness (QED) is 0.325. The molecule has 0 spiro atoms. The number of nitrogens with zero attached hydrogens (tertiary/aromatic N) is 3. The summed E-state index contributed by atoms with van der Waals surface area (Å²) in [7, 11) is -4.57. The van der Waals surface area contributed by atoms with Crippen LogP contribution in [-0.4, -0.2) is 35.0 Å². The number of fused-ring (bicyclic) bond motifs is 1. The molecule has 0 fully saturated rings. The Kier molecular flexibility index (Phi) is 6.72. The third-order valence-corrected chi connectivity index (χ3v) is 6.74. The van der Waals surface area contributed by atoms with Gasteiger partial charge in [0.05, 0.1) is 16.9 Å². The van der Waals surface area contributed by atoms with Gasteiger partial charge in [-0.15, -0.1) is 0 Å². The van der Waals surface area contributed by atoms with Crippen LogP contribution in [-0.2, 0) is 10.0 Å². The topological polar surface area (TPSA) is 120 Å². The Morgan fingerprint density at radius 3 is 2.47 bits per heavy atom. The molecule has 2 aromatic heterocycles. The summed E-state index contributed by atoms with van der Waals surface area (Å²) in [5.41, 5.74) is 6.09. The van der Waals surface area contributed by atoms with Crippen LogP contribution in [0.2, 0.25) is 0 Å². The highest BCUT2D eigenvalue weighted by molar-refractivity contribution is 7.92. The van der Waals surface area contributed by atoms with Gasteiger partial charge < -0.3 is 10.5 Å². The van der Waals surface area contributed by atoms with Crippen molar-refractivity contribution in [3.8, 4) is 22.9 Å². The highest BCUT2D eigenvalue weighted by Gasteiger charge is 2.34. The van der Waals surface area contributed by atoms with Gasteiger partial charge in [-0.3, -0.25) is 4.72 Å². The first kappa shape index (κ1) is 25.2. The summed E-state index contributed by atoms with van der Waals surface area (Å²) in [6.07, 6.45) is 2.28. The number of hydrogen-bond acceptors (Lipinski definition) is 7. The lowest BCUT2D eigenvalue weighted by Gasteiger charge is -2.20. The molecule has 36 heavy (non-hydrogen) atoms. The molecule has 4 rings (SSSR count). The van der Waals surface area contributed by atoms with E-state index in [0.717, 1.165) is 0 Å². The summed E-state index contributed by atoms with van der Waals surface area (Å²) in [5.74, 6) is -5.68. The minimum atomic E-state index is -4.57. The molecule has 0 saturated carbocycles. The number of alkyl halides is 2. The van der Waals surface area contributed by atoms with E-state index in [9.17, 15) is 17.2 Å². The molecule has 188 valence electrons. The van der Waals surface area contributed by atoms with Crippen molar-refractivity contribution in [2.24, 2.45) is 0 Å². The summed E-state index contributed by atoms with van der Waals surface area (Å²) in [5, 5.41) is 0.470. The van der Waals surface area contributed by atoms with E-state index < -0.39 is 39.6 Å². The van der Waals surface area contributed by atoms with Crippen molar-refractivity contribution in [1.82, 2.24) is 15.0 Å². The van der Waals surface area contributed by atoms with Crippen LogP contribution in [0.3, 0.4) is 0 Å². The van der Waals surface area contributed by atoms with Gasteiger partial charge in [-0.1, -0.05) is 31.2 Å².